The van der Waals surface area contributed by atoms with Gasteiger partial charge in [0, 0.05) is 31.2 Å². The number of rotatable bonds is 5. The number of aliphatic hydroxyl groups is 2. The minimum absolute atomic E-state index is 0.252. The van der Waals surface area contributed by atoms with E-state index in [2.05, 4.69) is 5.32 Å². The third-order valence-corrected chi connectivity index (χ3v) is 2.51. The summed E-state index contributed by atoms with van der Waals surface area (Å²) < 4.78 is 26.6. The Labute approximate surface area is 112 Å². The summed E-state index contributed by atoms with van der Waals surface area (Å²) in [6, 6.07) is 0.758. The Kier molecular flexibility index (Phi) is 5.06. The van der Waals surface area contributed by atoms with Gasteiger partial charge in [-0.3, -0.25) is 14.9 Å². The molecule has 0 aliphatic carbocycles. The molecule has 1 amide bonds. The molecule has 0 radical (unpaired) electrons. The lowest BCUT2D eigenvalue weighted by atomic mass is 10.0. The highest BCUT2D eigenvalue weighted by molar-refractivity contribution is 5.72. The van der Waals surface area contributed by atoms with Gasteiger partial charge in [0.1, 0.15) is 18.0 Å². The molecule has 0 aliphatic rings. The van der Waals surface area contributed by atoms with Crippen molar-refractivity contribution in [2.75, 3.05) is 6.54 Å². The fourth-order valence-corrected chi connectivity index (χ4v) is 1.49. The van der Waals surface area contributed by atoms with E-state index >= 15 is 0 Å². The first-order valence-corrected chi connectivity index (χ1v) is 5.48. The Hall–Kier alpha value is -2.13. The Morgan fingerprint density at radius 2 is 2.00 bits per heavy atom. The van der Waals surface area contributed by atoms with E-state index in [4.69, 9.17) is 0 Å². The predicted octanol–water partition coefficient (Wildman–Crippen LogP) is 0.403. The molecule has 20 heavy (non-hydrogen) atoms. The average molecular weight is 290 g/mol. The predicted molar refractivity (Wildman–Crippen MR) is 62.7 cm³/mol. The van der Waals surface area contributed by atoms with Crippen LogP contribution in [0.1, 0.15) is 18.6 Å². The van der Waals surface area contributed by atoms with E-state index in [0.29, 0.717) is 6.07 Å². The van der Waals surface area contributed by atoms with Crippen molar-refractivity contribution in [3.8, 4) is 0 Å². The fourth-order valence-electron chi connectivity index (χ4n) is 1.49. The Balaban J connectivity index is 3.02. The second kappa shape index (κ2) is 6.35. The number of hydrogen-bond acceptors (Lipinski definition) is 5. The van der Waals surface area contributed by atoms with E-state index in [-0.39, 0.29) is 12.6 Å². The number of halogens is 2. The fraction of sp³-hybridized carbons (Fsp3) is 0.364. The molecule has 0 aliphatic heterocycles. The average Bonchev–Trinajstić information content (AvgIpc) is 2.34. The number of nitro groups is 1. The highest BCUT2D eigenvalue weighted by Crippen LogP contribution is 2.27. The topological polar surface area (TPSA) is 113 Å². The zero-order valence-electron chi connectivity index (χ0n) is 10.3. The number of aliphatic hydroxyl groups excluding tert-OH is 2. The van der Waals surface area contributed by atoms with Gasteiger partial charge >= 0.3 is 5.69 Å². The first-order chi connectivity index (χ1) is 9.23. The van der Waals surface area contributed by atoms with Crippen LogP contribution < -0.4 is 5.32 Å². The summed E-state index contributed by atoms with van der Waals surface area (Å²) in [5, 5.41) is 32.0. The van der Waals surface area contributed by atoms with Crippen molar-refractivity contribution >= 4 is 11.6 Å². The summed E-state index contributed by atoms with van der Waals surface area (Å²) in [6.07, 6.45) is -3.44. The highest BCUT2D eigenvalue weighted by atomic mass is 19.1. The summed E-state index contributed by atoms with van der Waals surface area (Å²) in [6.45, 7) is 0.781. The summed E-state index contributed by atoms with van der Waals surface area (Å²) in [7, 11) is 0. The van der Waals surface area contributed by atoms with Crippen molar-refractivity contribution < 1.29 is 28.7 Å². The monoisotopic (exact) mass is 290 g/mol. The molecule has 2 unspecified atom stereocenters. The zero-order valence-corrected chi connectivity index (χ0v) is 10.3. The van der Waals surface area contributed by atoms with Gasteiger partial charge in [0.2, 0.25) is 11.7 Å². The van der Waals surface area contributed by atoms with Crippen molar-refractivity contribution in [2.45, 2.75) is 19.1 Å². The van der Waals surface area contributed by atoms with Crippen LogP contribution in [0.4, 0.5) is 14.5 Å². The molecule has 3 N–H and O–H groups in total. The molecule has 1 aromatic carbocycles. The zero-order chi connectivity index (χ0) is 15.4. The maximum absolute atomic E-state index is 13.5. The first-order valence-electron chi connectivity index (χ1n) is 5.48. The second-order valence-electron chi connectivity index (χ2n) is 4.03. The van der Waals surface area contributed by atoms with E-state index in [1.807, 2.05) is 0 Å². The van der Waals surface area contributed by atoms with Gasteiger partial charge in [-0.25, -0.2) is 4.39 Å². The molecule has 0 saturated heterocycles. The van der Waals surface area contributed by atoms with Gasteiger partial charge in [0.25, 0.3) is 0 Å². The highest BCUT2D eigenvalue weighted by Gasteiger charge is 2.26. The van der Waals surface area contributed by atoms with Gasteiger partial charge in [-0.2, -0.15) is 4.39 Å². The van der Waals surface area contributed by atoms with Crippen LogP contribution in [0.3, 0.4) is 0 Å². The second-order valence-corrected chi connectivity index (χ2v) is 4.03. The van der Waals surface area contributed by atoms with Crippen molar-refractivity contribution in [2.24, 2.45) is 0 Å². The molecule has 0 heterocycles. The molecule has 2 atom stereocenters. The van der Waals surface area contributed by atoms with Crippen LogP contribution in [0.25, 0.3) is 0 Å². The van der Waals surface area contributed by atoms with Crippen molar-refractivity contribution in [1.82, 2.24) is 5.32 Å². The van der Waals surface area contributed by atoms with Crippen molar-refractivity contribution in [1.29, 1.82) is 0 Å². The molecular weight excluding hydrogens is 278 g/mol. The molecule has 1 aromatic rings. The van der Waals surface area contributed by atoms with Crippen LogP contribution in [-0.4, -0.2) is 33.7 Å². The molecule has 1 rings (SSSR count). The van der Waals surface area contributed by atoms with E-state index < -0.39 is 45.9 Å². The number of carbonyl (C=O) groups excluding carboxylic acids is 1. The molecule has 0 bridgehead atoms. The van der Waals surface area contributed by atoms with Gasteiger partial charge in [-0.1, -0.05) is 0 Å². The quantitative estimate of drug-likeness (QED) is 0.537. The lowest BCUT2D eigenvalue weighted by Crippen LogP contribution is -2.34. The van der Waals surface area contributed by atoms with Gasteiger partial charge in [0.05, 0.1) is 4.92 Å². The SMILES string of the molecule is CC(=O)NCC(O)C(O)c1cc([N+](=O)[O-])c(F)cc1F. The lowest BCUT2D eigenvalue weighted by molar-refractivity contribution is -0.387. The third kappa shape index (κ3) is 3.68. The van der Waals surface area contributed by atoms with Crippen LogP contribution in [0.5, 0.6) is 0 Å². The maximum atomic E-state index is 13.5. The van der Waals surface area contributed by atoms with Crippen LogP contribution in [0, 0.1) is 21.7 Å². The number of amides is 1. The Bertz CT molecular complexity index is 538. The third-order valence-electron chi connectivity index (χ3n) is 2.51. The van der Waals surface area contributed by atoms with Crippen LogP contribution in [-0.2, 0) is 4.79 Å². The van der Waals surface area contributed by atoms with Gasteiger partial charge in [-0.15, -0.1) is 0 Å². The number of hydrogen-bond donors (Lipinski definition) is 3. The van der Waals surface area contributed by atoms with Crippen LogP contribution >= 0.6 is 0 Å². The first kappa shape index (κ1) is 15.9. The number of benzene rings is 1. The van der Waals surface area contributed by atoms with Gasteiger partial charge in [0.15, 0.2) is 0 Å². The molecule has 7 nitrogen and oxygen atoms in total. The van der Waals surface area contributed by atoms with Crippen LogP contribution in [0.2, 0.25) is 0 Å². The summed E-state index contributed by atoms with van der Waals surface area (Å²) in [5.74, 6) is -3.11. The molecule has 110 valence electrons. The normalized spacial score (nSPS) is 13.7. The molecule has 0 fully saturated rings. The van der Waals surface area contributed by atoms with E-state index in [0.717, 1.165) is 0 Å². The largest absolute Gasteiger partial charge is 0.388 e. The summed E-state index contributed by atoms with van der Waals surface area (Å²) in [5.41, 5.74) is -1.65. The minimum Gasteiger partial charge on any atom is -0.388 e. The molecule has 0 aromatic heterocycles. The van der Waals surface area contributed by atoms with Crippen molar-refractivity contribution in [3.63, 3.8) is 0 Å². The van der Waals surface area contributed by atoms with Gasteiger partial charge in [-0.05, 0) is 0 Å². The standard InChI is InChI=1S/C11H12F2N2O5/c1-5(16)14-4-10(17)11(18)6-2-9(15(19)20)8(13)3-7(6)12/h2-3,10-11,17-18H,4H2,1H3,(H,14,16). The summed E-state index contributed by atoms with van der Waals surface area (Å²) in [4.78, 5) is 20.1. The molecule has 9 heteroatoms. The Morgan fingerprint density at radius 3 is 2.50 bits per heavy atom. The van der Waals surface area contributed by atoms with E-state index in [1.165, 1.54) is 6.92 Å². The Morgan fingerprint density at radius 1 is 1.40 bits per heavy atom. The lowest BCUT2D eigenvalue weighted by Gasteiger charge is -2.18. The maximum Gasteiger partial charge on any atom is 0.305 e. The number of carbonyl (C=O) groups is 1. The molecule has 0 spiro atoms. The minimum atomic E-state index is -1.85. The van der Waals surface area contributed by atoms with Gasteiger partial charge < -0.3 is 15.5 Å². The number of nitrogens with one attached hydrogen (secondary N) is 1. The van der Waals surface area contributed by atoms with E-state index in [9.17, 15) is 33.9 Å². The molecule has 0 saturated carbocycles. The molecular formula is C11H12F2N2O5. The van der Waals surface area contributed by atoms with E-state index in [1.54, 1.807) is 0 Å². The number of nitro benzene ring substituents is 1. The van der Waals surface area contributed by atoms with Crippen LogP contribution in [0.15, 0.2) is 12.1 Å². The smallest absolute Gasteiger partial charge is 0.305 e. The summed E-state index contributed by atoms with van der Waals surface area (Å²) >= 11 is 0. The number of nitrogens with zero attached hydrogens (tertiary/aromatic N) is 1. The van der Waals surface area contributed by atoms with Crippen molar-refractivity contribution in [3.05, 3.63) is 39.4 Å².